The molecule has 1 aliphatic rings. The van der Waals surface area contributed by atoms with E-state index in [-0.39, 0.29) is 5.78 Å². The van der Waals surface area contributed by atoms with E-state index < -0.39 is 0 Å². The number of methoxy groups -OCH3 is 1. The van der Waals surface area contributed by atoms with Crippen LogP contribution in [0.1, 0.15) is 28.4 Å². The quantitative estimate of drug-likeness (QED) is 0.198. The molecule has 0 bridgehead atoms. The third-order valence-electron chi connectivity index (χ3n) is 5.50. The first-order valence-corrected chi connectivity index (χ1v) is 10.5. The summed E-state index contributed by atoms with van der Waals surface area (Å²) in [7, 11) is 1.57. The molecule has 0 amide bonds. The van der Waals surface area contributed by atoms with E-state index >= 15 is 0 Å². The predicted octanol–water partition coefficient (Wildman–Crippen LogP) is 7.07. The van der Waals surface area contributed by atoms with Crippen molar-refractivity contribution in [2.24, 2.45) is 0 Å². The van der Waals surface area contributed by atoms with E-state index in [1.807, 2.05) is 68.5 Å². The standard InChI is InChI=1S/C30H28O2/c1-6-25(14-10-13-24-11-8-7-9-12-24)27-20-26(22(3)23(27)4)16-17-29(31)28-19-21(2)15-18-30(28)32-5/h7-12,14-20H,1,3,13H2,2,4-5H3/b14-10+,17-16+. The lowest BCUT2D eigenvalue weighted by molar-refractivity contribution is 0.104. The summed E-state index contributed by atoms with van der Waals surface area (Å²) in [5.41, 5.74) is 10.6. The first-order valence-electron chi connectivity index (χ1n) is 10.5. The SMILES string of the molecule is C=C=C(/C=C/Cc1ccccc1)C1=C(C)C(=C)C(/C=C/C(=O)c2cc(C)ccc2OC)=C1. The van der Waals surface area contributed by atoms with Crippen LogP contribution in [0.3, 0.4) is 0 Å². The van der Waals surface area contributed by atoms with Gasteiger partial charge >= 0.3 is 0 Å². The Bertz CT molecular complexity index is 1210. The van der Waals surface area contributed by atoms with Gasteiger partial charge in [-0.2, -0.15) is 0 Å². The smallest absolute Gasteiger partial charge is 0.189 e. The molecule has 0 radical (unpaired) electrons. The number of carbonyl (C=O) groups is 1. The van der Waals surface area contributed by atoms with E-state index in [1.54, 1.807) is 13.2 Å². The summed E-state index contributed by atoms with van der Waals surface area (Å²) < 4.78 is 5.34. The van der Waals surface area contributed by atoms with Gasteiger partial charge in [0.15, 0.2) is 5.78 Å². The van der Waals surface area contributed by atoms with Crippen molar-refractivity contribution in [1.29, 1.82) is 0 Å². The molecule has 160 valence electrons. The molecule has 0 unspecified atom stereocenters. The minimum atomic E-state index is -0.104. The highest BCUT2D eigenvalue weighted by Gasteiger charge is 2.18. The molecule has 0 aromatic heterocycles. The minimum absolute atomic E-state index is 0.104. The monoisotopic (exact) mass is 420 g/mol. The van der Waals surface area contributed by atoms with Crippen molar-refractivity contribution in [2.75, 3.05) is 7.11 Å². The highest BCUT2D eigenvalue weighted by molar-refractivity contribution is 6.07. The number of allylic oxidation sites excluding steroid dienone is 10. The van der Waals surface area contributed by atoms with Crippen molar-refractivity contribution in [3.05, 3.63) is 142 Å². The second-order valence-corrected chi connectivity index (χ2v) is 7.70. The van der Waals surface area contributed by atoms with Crippen LogP contribution in [0.5, 0.6) is 5.75 Å². The summed E-state index contributed by atoms with van der Waals surface area (Å²) in [5.74, 6) is 0.465. The normalized spacial score (nSPS) is 13.6. The van der Waals surface area contributed by atoms with Gasteiger partial charge < -0.3 is 4.74 Å². The average Bonchev–Trinajstić information content (AvgIpc) is 3.09. The van der Waals surface area contributed by atoms with E-state index in [2.05, 4.69) is 37.1 Å². The fraction of sp³-hybridized carbons (Fsp3) is 0.133. The summed E-state index contributed by atoms with van der Waals surface area (Å²) in [4.78, 5) is 12.8. The van der Waals surface area contributed by atoms with Gasteiger partial charge in [-0.05, 0) is 72.4 Å². The van der Waals surface area contributed by atoms with E-state index in [4.69, 9.17) is 4.74 Å². The Morgan fingerprint density at radius 2 is 1.84 bits per heavy atom. The lowest BCUT2D eigenvalue weighted by Gasteiger charge is -2.06. The number of carbonyl (C=O) groups excluding carboxylic acids is 1. The van der Waals surface area contributed by atoms with Gasteiger partial charge in [0, 0.05) is 5.57 Å². The fourth-order valence-corrected chi connectivity index (χ4v) is 3.60. The highest BCUT2D eigenvalue weighted by atomic mass is 16.5. The van der Waals surface area contributed by atoms with Crippen molar-refractivity contribution in [1.82, 2.24) is 0 Å². The van der Waals surface area contributed by atoms with Gasteiger partial charge in [-0.15, -0.1) is 5.73 Å². The number of ketones is 1. The van der Waals surface area contributed by atoms with Gasteiger partial charge in [0.25, 0.3) is 0 Å². The summed E-state index contributed by atoms with van der Waals surface area (Å²) in [6.07, 6.45) is 10.4. The molecule has 0 aliphatic heterocycles. The van der Waals surface area contributed by atoms with Crippen LogP contribution in [-0.2, 0) is 6.42 Å². The summed E-state index contributed by atoms with van der Waals surface area (Å²) in [6, 6.07) is 15.9. The van der Waals surface area contributed by atoms with E-state index in [0.717, 1.165) is 39.8 Å². The van der Waals surface area contributed by atoms with Crippen LogP contribution in [0.25, 0.3) is 0 Å². The van der Waals surface area contributed by atoms with Gasteiger partial charge in [0.1, 0.15) is 5.75 Å². The van der Waals surface area contributed by atoms with Crippen molar-refractivity contribution < 1.29 is 9.53 Å². The molecule has 2 nitrogen and oxygen atoms in total. The van der Waals surface area contributed by atoms with Gasteiger partial charge in [-0.3, -0.25) is 4.79 Å². The summed E-state index contributed by atoms with van der Waals surface area (Å²) in [5, 5.41) is 0. The predicted molar refractivity (Wildman–Crippen MR) is 133 cm³/mol. The second-order valence-electron chi connectivity index (χ2n) is 7.70. The largest absolute Gasteiger partial charge is 0.496 e. The fourth-order valence-electron chi connectivity index (χ4n) is 3.60. The number of hydrogen-bond acceptors (Lipinski definition) is 2. The summed E-state index contributed by atoms with van der Waals surface area (Å²) in [6.45, 7) is 12.1. The number of ether oxygens (including phenoxy) is 1. The number of rotatable bonds is 8. The topological polar surface area (TPSA) is 26.3 Å². The lowest BCUT2D eigenvalue weighted by atomic mass is 10.0. The molecule has 2 heteroatoms. The molecule has 3 rings (SSSR count). The van der Waals surface area contributed by atoms with Crippen molar-refractivity contribution in [3.8, 4) is 5.75 Å². The van der Waals surface area contributed by atoms with Crippen LogP contribution in [0.15, 0.2) is 126 Å². The molecule has 0 spiro atoms. The molecule has 2 aromatic carbocycles. The molecule has 32 heavy (non-hydrogen) atoms. The third-order valence-corrected chi connectivity index (χ3v) is 5.50. The van der Waals surface area contributed by atoms with Crippen molar-refractivity contribution in [3.63, 3.8) is 0 Å². The van der Waals surface area contributed by atoms with Crippen molar-refractivity contribution in [2.45, 2.75) is 20.3 Å². The number of aryl methyl sites for hydroxylation is 1. The molecule has 0 heterocycles. The second kappa shape index (κ2) is 10.4. The Balaban J connectivity index is 1.78. The molecule has 2 aromatic rings. The Labute approximate surface area is 190 Å². The maximum atomic E-state index is 12.8. The highest BCUT2D eigenvalue weighted by Crippen LogP contribution is 2.34. The zero-order valence-corrected chi connectivity index (χ0v) is 18.9. The molecule has 0 saturated carbocycles. The van der Waals surface area contributed by atoms with Crippen LogP contribution < -0.4 is 4.74 Å². The Morgan fingerprint density at radius 1 is 1.09 bits per heavy atom. The zero-order valence-electron chi connectivity index (χ0n) is 18.9. The maximum Gasteiger partial charge on any atom is 0.189 e. The molecule has 0 fully saturated rings. The Morgan fingerprint density at radius 3 is 2.53 bits per heavy atom. The van der Waals surface area contributed by atoms with Crippen LogP contribution in [-0.4, -0.2) is 12.9 Å². The lowest BCUT2D eigenvalue weighted by Crippen LogP contribution is -1.99. The Hall–Kier alpha value is -3.87. The van der Waals surface area contributed by atoms with E-state index in [9.17, 15) is 4.79 Å². The van der Waals surface area contributed by atoms with Gasteiger partial charge in [0.2, 0.25) is 0 Å². The van der Waals surface area contributed by atoms with Gasteiger partial charge in [-0.25, -0.2) is 0 Å². The number of benzene rings is 2. The first kappa shape index (κ1) is 22.8. The van der Waals surface area contributed by atoms with Crippen LogP contribution in [0.4, 0.5) is 0 Å². The van der Waals surface area contributed by atoms with Crippen LogP contribution >= 0.6 is 0 Å². The first-order chi connectivity index (χ1) is 15.4. The molecule has 0 N–H and O–H groups in total. The zero-order chi connectivity index (χ0) is 23.1. The minimum Gasteiger partial charge on any atom is -0.496 e. The Kier molecular flexibility index (Phi) is 7.44. The van der Waals surface area contributed by atoms with Crippen molar-refractivity contribution >= 4 is 5.78 Å². The van der Waals surface area contributed by atoms with Gasteiger partial charge in [0.05, 0.1) is 12.7 Å². The summed E-state index contributed by atoms with van der Waals surface area (Å²) >= 11 is 0. The molecule has 0 atom stereocenters. The molecular formula is C30H28O2. The molecule has 1 aliphatic carbocycles. The van der Waals surface area contributed by atoms with E-state index in [0.29, 0.717) is 11.3 Å². The molecule has 0 saturated heterocycles. The van der Waals surface area contributed by atoms with E-state index in [1.165, 1.54) is 5.56 Å². The van der Waals surface area contributed by atoms with Gasteiger partial charge in [-0.1, -0.05) is 73.3 Å². The van der Waals surface area contributed by atoms with Crippen LogP contribution in [0.2, 0.25) is 0 Å². The molecular weight excluding hydrogens is 392 g/mol. The average molecular weight is 421 g/mol. The maximum absolute atomic E-state index is 12.8. The van der Waals surface area contributed by atoms with Crippen LogP contribution in [0, 0.1) is 6.92 Å². The third kappa shape index (κ3) is 5.24. The number of hydrogen-bond donors (Lipinski definition) is 0.